The van der Waals surface area contributed by atoms with Crippen LogP contribution < -0.4 is 4.90 Å². The van der Waals surface area contributed by atoms with Gasteiger partial charge in [-0.15, -0.1) is 11.6 Å². The fourth-order valence-electron chi connectivity index (χ4n) is 1.88. The molecule has 1 aliphatic heterocycles. The summed E-state index contributed by atoms with van der Waals surface area (Å²) in [6, 6.07) is 7.54. The fourth-order valence-corrected chi connectivity index (χ4v) is 2.00. The molecule has 1 aliphatic rings. The van der Waals surface area contributed by atoms with Gasteiger partial charge in [-0.2, -0.15) is 0 Å². The van der Waals surface area contributed by atoms with Crippen LogP contribution in [0.3, 0.4) is 0 Å². The van der Waals surface area contributed by atoms with Gasteiger partial charge in [-0.25, -0.2) is 0 Å². The number of carbonyl (C=O) groups excluding carboxylic acids is 1. The number of rotatable bonds is 4. The van der Waals surface area contributed by atoms with Gasteiger partial charge in [0.25, 0.3) is 5.91 Å². The number of oxime groups is 1. The molecule has 1 amide bonds. The molecule has 0 saturated heterocycles. The molecule has 0 aliphatic carbocycles. The minimum Gasteiger partial charge on any atom is -0.398 e. The Labute approximate surface area is 105 Å². The largest absolute Gasteiger partial charge is 0.398 e. The third-order valence-electron chi connectivity index (χ3n) is 2.60. The summed E-state index contributed by atoms with van der Waals surface area (Å²) in [5.41, 5.74) is 2.05. The molecule has 0 radical (unpaired) electrons. The first-order valence-corrected chi connectivity index (χ1v) is 5.91. The summed E-state index contributed by atoms with van der Waals surface area (Å²) in [6.45, 7) is 0.599. The van der Waals surface area contributed by atoms with Crippen molar-refractivity contribution in [2.75, 3.05) is 24.4 Å². The second-order valence-electron chi connectivity index (χ2n) is 3.64. The Morgan fingerprint density at radius 1 is 1.41 bits per heavy atom. The minimum absolute atomic E-state index is 0.127. The van der Waals surface area contributed by atoms with Crippen molar-refractivity contribution in [2.24, 2.45) is 5.16 Å². The summed E-state index contributed by atoms with van der Waals surface area (Å²) < 4.78 is 0. The highest BCUT2D eigenvalue weighted by Gasteiger charge is 2.33. The molecule has 5 heteroatoms. The van der Waals surface area contributed by atoms with Crippen LogP contribution in [0.15, 0.2) is 29.4 Å². The molecule has 17 heavy (non-hydrogen) atoms. The number of para-hydroxylation sites is 1. The molecule has 1 aromatic rings. The van der Waals surface area contributed by atoms with Crippen LogP contribution in [0.2, 0.25) is 0 Å². The zero-order chi connectivity index (χ0) is 12.3. The highest BCUT2D eigenvalue weighted by Crippen LogP contribution is 2.29. The Kier molecular flexibility index (Phi) is 3.64. The summed E-state index contributed by atoms with van der Waals surface area (Å²) in [5, 5.41) is 3.80. The number of amides is 1. The number of fused-ring (bicyclic) bond motifs is 1. The lowest BCUT2D eigenvalue weighted by Gasteiger charge is -2.15. The molecule has 0 spiro atoms. The summed E-state index contributed by atoms with van der Waals surface area (Å²) in [4.78, 5) is 18.5. The molecule has 2 rings (SSSR count). The lowest BCUT2D eigenvalue weighted by atomic mass is 10.1. The average molecular weight is 253 g/mol. The van der Waals surface area contributed by atoms with Gasteiger partial charge >= 0.3 is 0 Å². The van der Waals surface area contributed by atoms with Gasteiger partial charge in [-0.1, -0.05) is 23.4 Å². The normalized spacial score (nSPS) is 16.5. The first kappa shape index (κ1) is 11.9. The highest BCUT2D eigenvalue weighted by atomic mass is 35.5. The van der Waals surface area contributed by atoms with E-state index in [2.05, 4.69) is 5.16 Å². The van der Waals surface area contributed by atoms with Crippen molar-refractivity contribution in [2.45, 2.75) is 6.42 Å². The van der Waals surface area contributed by atoms with Crippen molar-refractivity contribution >= 4 is 28.9 Å². The summed E-state index contributed by atoms with van der Waals surface area (Å²) in [6.07, 6.45) is 0.752. The maximum atomic E-state index is 12.1. The molecular weight excluding hydrogens is 240 g/mol. The number of halogens is 1. The van der Waals surface area contributed by atoms with Crippen LogP contribution >= 0.6 is 11.6 Å². The Balaban J connectivity index is 2.38. The van der Waals surface area contributed by atoms with E-state index in [0.717, 1.165) is 17.7 Å². The molecule has 0 atom stereocenters. The monoisotopic (exact) mass is 252 g/mol. The van der Waals surface area contributed by atoms with Crippen molar-refractivity contribution in [3.63, 3.8) is 0 Å². The highest BCUT2D eigenvalue weighted by molar-refractivity contribution is 6.54. The standard InChI is InChI=1S/C12H13ClN2O2/c1-17-14-11-9-5-2-3-6-10(9)15(12(11)16)8-4-7-13/h2-3,5-6H,4,7-8H2,1H3/b14-11-. The van der Waals surface area contributed by atoms with Crippen LogP contribution in [0.25, 0.3) is 0 Å². The van der Waals surface area contributed by atoms with Gasteiger partial charge < -0.3 is 9.74 Å². The first-order chi connectivity index (χ1) is 8.29. The molecule has 0 unspecified atom stereocenters. The van der Waals surface area contributed by atoms with Crippen molar-refractivity contribution in [1.82, 2.24) is 0 Å². The second kappa shape index (κ2) is 5.19. The molecule has 0 saturated carbocycles. The van der Waals surface area contributed by atoms with Crippen molar-refractivity contribution in [3.05, 3.63) is 29.8 Å². The quantitative estimate of drug-likeness (QED) is 0.608. The Bertz CT molecular complexity index is 460. The Hall–Kier alpha value is -1.55. The molecule has 1 heterocycles. The SMILES string of the molecule is CO/N=C1\C(=O)N(CCCCl)c2ccccc21. The number of hydrogen-bond acceptors (Lipinski definition) is 3. The maximum absolute atomic E-state index is 12.1. The number of carbonyl (C=O) groups is 1. The van der Waals surface area contributed by atoms with Crippen LogP contribution in [-0.4, -0.2) is 31.2 Å². The van der Waals surface area contributed by atoms with Gasteiger partial charge in [-0.3, -0.25) is 4.79 Å². The zero-order valence-corrected chi connectivity index (χ0v) is 10.3. The molecule has 0 bridgehead atoms. The van der Waals surface area contributed by atoms with Crippen LogP contribution in [0.4, 0.5) is 5.69 Å². The first-order valence-electron chi connectivity index (χ1n) is 5.38. The fraction of sp³-hybridized carbons (Fsp3) is 0.333. The lowest BCUT2D eigenvalue weighted by Crippen LogP contribution is -2.31. The third kappa shape index (κ3) is 2.13. The summed E-state index contributed by atoms with van der Waals surface area (Å²) in [7, 11) is 1.43. The molecule has 0 N–H and O–H groups in total. The van der Waals surface area contributed by atoms with Gasteiger partial charge in [0.2, 0.25) is 0 Å². The molecule has 4 nitrogen and oxygen atoms in total. The number of anilines is 1. The molecular formula is C12H13ClN2O2. The number of benzene rings is 1. The van der Waals surface area contributed by atoms with E-state index in [1.54, 1.807) is 4.90 Å². The molecule has 90 valence electrons. The predicted octanol–water partition coefficient (Wildman–Crippen LogP) is 2.01. The van der Waals surface area contributed by atoms with Crippen molar-refractivity contribution < 1.29 is 9.63 Å². The van der Waals surface area contributed by atoms with E-state index < -0.39 is 0 Å². The van der Waals surface area contributed by atoms with E-state index in [-0.39, 0.29) is 5.91 Å². The van der Waals surface area contributed by atoms with Crippen LogP contribution in [0, 0.1) is 0 Å². The number of alkyl halides is 1. The van der Waals surface area contributed by atoms with Gasteiger partial charge in [0, 0.05) is 18.0 Å². The summed E-state index contributed by atoms with van der Waals surface area (Å²) in [5.74, 6) is 0.404. The van der Waals surface area contributed by atoms with E-state index in [1.165, 1.54) is 7.11 Å². The zero-order valence-electron chi connectivity index (χ0n) is 9.52. The van der Waals surface area contributed by atoms with E-state index in [4.69, 9.17) is 16.4 Å². The topological polar surface area (TPSA) is 41.9 Å². The van der Waals surface area contributed by atoms with Crippen molar-refractivity contribution in [3.8, 4) is 0 Å². The predicted molar refractivity (Wildman–Crippen MR) is 67.7 cm³/mol. The summed E-state index contributed by atoms with van der Waals surface area (Å²) >= 11 is 5.66. The Morgan fingerprint density at radius 2 is 2.18 bits per heavy atom. The average Bonchev–Trinajstić information content (AvgIpc) is 2.61. The molecule has 0 aromatic heterocycles. The van der Waals surface area contributed by atoms with Crippen LogP contribution in [-0.2, 0) is 9.63 Å². The van der Waals surface area contributed by atoms with Gasteiger partial charge in [0.15, 0.2) is 5.71 Å². The molecule has 0 fully saturated rings. The van der Waals surface area contributed by atoms with Gasteiger partial charge in [-0.05, 0) is 12.5 Å². The van der Waals surface area contributed by atoms with Crippen molar-refractivity contribution in [1.29, 1.82) is 0 Å². The third-order valence-corrected chi connectivity index (χ3v) is 2.86. The lowest BCUT2D eigenvalue weighted by molar-refractivity contribution is -0.112. The van der Waals surface area contributed by atoms with Gasteiger partial charge in [0.1, 0.15) is 7.11 Å². The smallest absolute Gasteiger partial charge is 0.281 e. The molecule has 1 aromatic carbocycles. The van der Waals surface area contributed by atoms with E-state index in [9.17, 15) is 4.79 Å². The van der Waals surface area contributed by atoms with E-state index in [1.807, 2.05) is 24.3 Å². The Morgan fingerprint density at radius 3 is 2.88 bits per heavy atom. The van der Waals surface area contributed by atoms with Gasteiger partial charge in [0.05, 0.1) is 5.69 Å². The second-order valence-corrected chi connectivity index (χ2v) is 4.02. The number of hydrogen-bond donors (Lipinski definition) is 0. The minimum atomic E-state index is -0.127. The van der Waals surface area contributed by atoms with E-state index in [0.29, 0.717) is 18.1 Å². The van der Waals surface area contributed by atoms with E-state index >= 15 is 0 Å². The number of nitrogens with zero attached hydrogens (tertiary/aromatic N) is 2. The van der Waals surface area contributed by atoms with Crippen LogP contribution in [0.1, 0.15) is 12.0 Å². The van der Waals surface area contributed by atoms with Crippen LogP contribution in [0.5, 0.6) is 0 Å². The maximum Gasteiger partial charge on any atom is 0.281 e.